The Morgan fingerprint density at radius 3 is 2.34 bits per heavy atom. The van der Waals surface area contributed by atoms with E-state index in [1.54, 1.807) is 4.68 Å². The lowest BCUT2D eigenvalue weighted by Crippen LogP contribution is -2.28. The zero-order valence-electron chi connectivity index (χ0n) is 17.5. The first-order valence-corrected chi connectivity index (χ1v) is 9.84. The number of nitrogens with zero attached hydrogens (tertiary/aromatic N) is 2. The van der Waals surface area contributed by atoms with Gasteiger partial charge in [-0.15, -0.1) is 0 Å². The van der Waals surface area contributed by atoms with Gasteiger partial charge in [0.2, 0.25) is 5.91 Å². The van der Waals surface area contributed by atoms with E-state index in [4.69, 9.17) is 0 Å². The number of carbonyl (C=O) groups is 2. The molecule has 0 bridgehead atoms. The van der Waals surface area contributed by atoms with Crippen LogP contribution in [0.2, 0.25) is 0 Å². The lowest BCUT2D eigenvalue weighted by Gasteiger charge is -2.23. The van der Waals surface area contributed by atoms with Gasteiger partial charge in [0, 0.05) is 17.5 Å². The van der Waals surface area contributed by atoms with Crippen LogP contribution < -0.4 is 5.32 Å². The predicted molar refractivity (Wildman–Crippen MR) is 114 cm³/mol. The number of fused-ring (bicyclic) bond motifs is 1. The van der Waals surface area contributed by atoms with Crippen molar-refractivity contribution in [3.05, 3.63) is 75.5 Å². The summed E-state index contributed by atoms with van der Waals surface area (Å²) in [6, 6.07) is 11.9. The topological polar surface area (TPSA) is 64.0 Å². The Hall–Kier alpha value is -3.21. The molecule has 148 valence electrons. The highest BCUT2D eigenvalue weighted by molar-refractivity contribution is 6.08. The van der Waals surface area contributed by atoms with Gasteiger partial charge < -0.3 is 5.32 Å². The molecule has 3 aromatic rings. The fourth-order valence-electron chi connectivity index (χ4n) is 4.13. The fourth-order valence-corrected chi connectivity index (χ4v) is 4.13. The highest BCUT2D eigenvalue weighted by Crippen LogP contribution is 2.38. The van der Waals surface area contributed by atoms with E-state index >= 15 is 0 Å². The standard InChI is InChI=1S/C24H25N3O2/c1-13-8-14(2)10-19(9-13)27-24-22(17(5)26-27)20(12-21(28)25-24)23(29)18-7-6-15(3)16(4)11-18/h6-11,20H,12H2,1-5H3,(H,25,28)/t20-/m1/s1. The molecule has 4 rings (SSSR count). The second kappa shape index (κ2) is 6.99. The van der Waals surface area contributed by atoms with Crippen molar-refractivity contribution in [3.63, 3.8) is 0 Å². The molecular formula is C24H25N3O2. The number of amides is 1. The minimum absolute atomic E-state index is 0.0349. The van der Waals surface area contributed by atoms with E-state index in [-0.39, 0.29) is 18.1 Å². The first-order valence-electron chi connectivity index (χ1n) is 9.84. The monoisotopic (exact) mass is 387 g/mol. The summed E-state index contributed by atoms with van der Waals surface area (Å²) in [5.41, 5.74) is 7.54. The molecule has 0 aliphatic carbocycles. The molecule has 1 aromatic heterocycles. The van der Waals surface area contributed by atoms with Crippen LogP contribution in [0.4, 0.5) is 5.82 Å². The van der Waals surface area contributed by atoms with Gasteiger partial charge in [-0.25, -0.2) is 4.68 Å². The van der Waals surface area contributed by atoms with Crippen LogP contribution in [-0.2, 0) is 4.79 Å². The zero-order valence-corrected chi connectivity index (χ0v) is 17.5. The molecule has 5 heteroatoms. The first-order chi connectivity index (χ1) is 13.7. The van der Waals surface area contributed by atoms with Crippen molar-refractivity contribution in [3.8, 4) is 5.69 Å². The van der Waals surface area contributed by atoms with Gasteiger partial charge in [-0.05, 0) is 75.1 Å². The van der Waals surface area contributed by atoms with Crippen LogP contribution >= 0.6 is 0 Å². The van der Waals surface area contributed by atoms with Crippen molar-refractivity contribution < 1.29 is 9.59 Å². The van der Waals surface area contributed by atoms with Gasteiger partial charge in [0.15, 0.2) is 5.78 Å². The third-order valence-electron chi connectivity index (χ3n) is 5.66. The van der Waals surface area contributed by atoms with E-state index in [2.05, 4.69) is 16.5 Å². The molecule has 1 amide bonds. The van der Waals surface area contributed by atoms with Crippen molar-refractivity contribution in [2.75, 3.05) is 5.32 Å². The molecule has 2 aromatic carbocycles. The van der Waals surface area contributed by atoms with Gasteiger partial charge in [-0.3, -0.25) is 9.59 Å². The number of aryl methyl sites for hydroxylation is 5. The summed E-state index contributed by atoms with van der Waals surface area (Å²) < 4.78 is 1.75. The number of hydrogen-bond acceptors (Lipinski definition) is 3. The predicted octanol–water partition coefficient (Wildman–Crippen LogP) is 4.72. The highest BCUT2D eigenvalue weighted by Gasteiger charge is 2.36. The Balaban J connectivity index is 1.83. The number of benzene rings is 2. The third-order valence-corrected chi connectivity index (χ3v) is 5.66. The molecule has 2 heterocycles. The Labute approximate surface area is 170 Å². The van der Waals surface area contributed by atoms with E-state index in [0.29, 0.717) is 11.4 Å². The largest absolute Gasteiger partial charge is 0.310 e. The molecule has 0 spiro atoms. The number of nitrogens with one attached hydrogen (secondary N) is 1. The molecule has 1 N–H and O–H groups in total. The SMILES string of the molecule is Cc1cc(C)cc(-n2nc(C)c3c2NC(=O)C[C@H]3C(=O)c2ccc(C)c(C)c2)c1. The zero-order chi connectivity index (χ0) is 20.9. The Morgan fingerprint density at radius 2 is 1.69 bits per heavy atom. The second-order valence-corrected chi connectivity index (χ2v) is 8.07. The molecule has 1 aliphatic rings. The van der Waals surface area contributed by atoms with Gasteiger partial charge in [-0.2, -0.15) is 5.10 Å². The van der Waals surface area contributed by atoms with E-state index in [9.17, 15) is 9.59 Å². The quantitative estimate of drug-likeness (QED) is 0.661. The minimum Gasteiger partial charge on any atom is -0.310 e. The molecule has 0 radical (unpaired) electrons. The highest BCUT2D eigenvalue weighted by atomic mass is 16.2. The maximum Gasteiger partial charge on any atom is 0.226 e. The number of carbonyl (C=O) groups excluding carboxylic acids is 2. The number of Topliss-reactive ketones (excluding diaryl/α,β-unsaturated/α-hetero) is 1. The van der Waals surface area contributed by atoms with E-state index in [1.807, 2.05) is 65.0 Å². The lowest BCUT2D eigenvalue weighted by molar-refractivity contribution is -0.116. The smallest absolute Gasteiger partial charge is 0.226 e. The maximum absolute atomic E-state index is 13.4. The van der Waals surface area contributed by atoms with Gasteiger partial charge >= 0.3 is 0 Å². The summed E-state index contributed by atoms with van der Waals surface area (Å²) in [6.45, 7) is 9.98. The normalized spacial score (nSPS) is 15.8. The second-order valence-electron chi connectivity index (χ2n) is 8.07. The number of aromatic nitrogens is 2. The summed E-state index contributed by atoms with van der Waals surface area (Å²) >= 11 is 0. The number of rotatable bonds is 3. The van der Waals surface area contributed by atoms with Crippen LogP contribution in [0.5, 0.6) is 0 Å². The fraction of sp³-hybridized carbons (Fsp3) is 0.292. The van der Waals surface area contributed by atoms with Crippen LogP contribution in [-0.4, -0.2) is 21.5 Å². The molecule has 1 aliphatic heterocycles. The molecule has 0 saturated heterocycles. The molecular weight excluding hydrogens is 362 g/mol. The van der Waals surface area contributed by atoms with Gasteiger partial charge in [0.1, 0.15) is 5.82 Å². The molecule has 0 unspecified atom stereocenters. The molecule has 5 nitrogen and oxygen atoms in total. The van der Waals surface area contributed by atoms with Crippen molar-refractivity contribution in [1.29, 1.82) is 0 Å². The van der Waals surface area contributed by atoms with Gasteiger partial charge in [-0.1, -0.05) is 18.2 Å². The van der Waals surface area contributed by atoms with Crippen LogP contribution in [0.3, 0.4) is 0 Å². The number of ketones is 1. The van der Waals surface area contributed by atoms with Crippen LogP contribution in [0.25, 0.3) is 5.69 Å². The average Bonchev–Trinajstić information content (AvgIpc) is 2.98. The first kappa shape index (κ1) is 19.1. The Kier molecular flexibility index (Phi) is 4.61. The summed E-state index contributed by atoms with van der Waals surface area (Å²) in [5, 5.41) is 7.64. The van der Waals surface area contributed by atoms with Crippen molar-refractivity contribution >= 4 is 17.5 Å². The lowest BCUT2D eigenvalue weighted by atomic mass is 9.85. The van der Waals surface area contributed by atoms with E-state index in [1.165, 1.54) is 0 Å². The van der Waals surface area contributed by atoms with Gasteiger partial charge in [0.05, 0.1) is 17.3 Å². The average molecular weight is 387 g/mol. The number of anilines is 1. The molecule has 29 heavy (non-hydrogen) atoms. The third kappa shape index (κ3) is 3.37. The summed E-state index contributed by atoms with van der Waals surface area (Å²) in [6.07, 6.45) is 0.137. The molecule has 1 atom stereocenters. The van der Waals surface area contributed by atoms with Crippen LogP contribution in [0.15, 0.2) is 36.4 Å². The minimum atomic E-state index is -0.527. The van der Waals surface area contributed by atoms with Crippen molar-refractivity contribution in [1.82, 2.24) is 9.78 Å². The van der Waals surface area contributed by atoms with Gasteiger partial charge in [0.25, 0.3) is 0 Å². The molecule has 0 saturated carbocycles. The van der Waals surface area contributed by atoms with Crippen molar-refractivity contribution in [2.24, 2.45) is 0 Å². The molecule has 0 fully saturated rings. The van der Waals surface area contributed by atoms with Crippen molar-refractivity contribution in [2.45, 2.75) is 47.0 Å². The summed E-state index contributed by atoms with van der Waals surface area (Å²) in [4.78, 5) is 25.9. The Bertz CT molecular complexity index is 1140. The number of hydrogen-bond donors (Lipinski definition) is 1. The summed E-state index contributed by atoms with van der Waals surface area (Å²) in [7, 11) is 0. The van der Waals surface area contributed by atoms with E-state index < -0.39 is 5.92 Å². The summed E-state index contributed by atoms with van der Waals surface area (Å²) in [5.74, 6) is -0.121. The van der Waals surface area contributed by atoms with E-state index in [0.717, 1.165) is 39.2 Å². The Morgan fingerprint density at radius 1 is 1.00 bits per heavy atom. The van der Waals surface area contributed by atoms with Crippen LogP contribution in [0.1, 0.15) is 56.2 Å². The van der Waals surface area contributed by atoms with Crippen LogP contribution in [0, 0.1) is 34.6 Å². The maximum atomic E-state index is 13.4.